The minimum absolute atomic E-state index is 0.471. The molecular weight excluding hydrogens is 334 g/mol. The van der Waals surface area contributed by atoms with E-state index in [2.05, 4.69) is 25.0 Å². The van der Waals surface area contributed by atoms with Crippen LogP contribution in [0.2, 0.25) is 0 Å². The van der Waals surface area contributed by atoms with E-state index in [4.69, 9.17) is 0 Å². The quantitative estimate of drug-likeness (QED) is 0.753. The number of imidazole rings is 1. The van der Waals surface area contributed by atoms with Crippen molar-refractivity contribution in [1.29, 1.82) is 0 Å². The average molecular weight is 353 g/mol. The van der Waals surface area contributed by atoms with Crippen LogP contribution in [0.1, 0.15) is 18.7 Å². The topological polar surface area (TPSA) is 102 Å². The summed E-state index contributed by atoms with van der Waals surface area (Å²) in [4.78, 5) is 27.0. The van der Waals surface area contributed by atoms with Gasteiger partial charge in [-0.3, -0.25) is 0 Å². The molecule has 0 atom stereocenters. The normalized spacial score (nSPS) is 16.6. The van der Waals surface area contributed by atoms with Crippen LogP contribution in [0.5, 0.6) is 0 Å². The number of nitrogens with zero attached hydrogens (tertiary/aromatic N) is 7. The first-order chi connectivity index (χ1) is 12.6. The first-order valence-electron chi connectivity index (χ1n) is 8.41. The molecule has 4 rings (SSSR count). The third-order valence-electron chi connectivity index (χ3n) is 4.86. The Morgan fingerprint density at radius 2 is 1.92 bits per heavy atom. The van der Waals surface area contributed by atoms with Gasteiger partial charge in [-0.05, 0) is 25.8 Å². The van der Waals surface area contributed by atoms with Crippen molar-refractivity contribution in [3.8, 4) is 5.82 Å². The number of piperidine rings is 1. The third kappa shape index (κ3) is 2.71. The number of anilines is 1. The molecule has 0 unspecified atom stereocenters. The number of rotatable bonds is 4. The van der Waals surface area contributed by atoms with Crippen molar-refractivity contribution in [1.82, 2.24) is 29.3 Å². The van der Waals surface area contributed by atoms with Crippen LogP contribution in [0.3, 0.4) is 0 Å². The Morgan fingerprint density at radius 3 is 2.54 bits per heavy atom. The minimum Gasteiger partial charge on any atom is -0.479 e. The van der Waals surface area contributed by atoms with E-state index in [1.54, 1.807) is 34.2 Å². The van der Waals surface area contributed by atoms with Crippen molar-refractivity contribution < 1.29 is 9.90 Å². The van der Waals surface area contributed by atoms with Crippen molar-refractivity contribution >= 4 is 11.8 Å². The van der Waals surface area contributed by atoms with E-state index in [0.717, 1.165) is 5.82 Å². The van der Waals surface area contributed by atoms with Crippen molar-refractivity contribution in [2.24, 2.45) is 0 Å². The smallest absolute Gasteiger partial charge is 0.330 e. The van der Waals surface area contributed by atoms with Crippen LogP contribution < -0.4 is 4.90 Å². The lowest BCUT2D eigenvalue weighted by atomic mass is 9.87. The summed E-state index contributed by atoms with van der Waals surface area (Å²) in [7, 11) is 0. The SMILES string of the molecule is Cc1nc(N2CCC(C(=O)O)(n3ccnc3)CC2)cc(-n2cccn2)n1. The Kier molecular flexibility index (Phi) is 3.90. The van der Waals surface area contributed by atoms with Crippen molar-refractivity contribution in [3.05, 3.63) is 49.1 Å². The molecule has 0 spiro atoms. The molecular formula is C17H19N7O2. The zero-order valence-corrected chi connectivity index (χ0v) is 14.4. The Morgan fingerprint density at radius 1 is 1.15 bits per heavy atom. The summed E-state index contributed by atoms with van der Waals surface area (Å²) in [5, 5.41) is 14.0. The lowest BCUT2D eigenvalue weighted by Gasteiger charge is -2.40. The number of carboxylic acids is 1. The standard InChI is InChI=1S/C17H19N7O2/c1-13-20-14(11-15(21-13)24-7-2-5-19-24)22-8-3-17(4-9-22,16(25)26)23-10-6-18-12-23/h2,5-7,10-12H,3-4,8-9H2,1H3,(H,25,26). The maximum atomic E-state index is 12.0. The summed E-state index contributed by atoms with van der Waals surface area (Å²) in [5.41, 5.74) is -0.958. The molecule has 0 aliphatic carbocycles. The second-order valence-electron chi connectivity index (χ2n) is 6.38. The van der Waals surface area contributed by atoms with Crippen LogP contribution in [0.4, 0.5) is 5.82 Å². The van der Waals surface area contributed by atoms with Gasteiger partial charge in [-0.25, -0.2) is 24.4 Å². The Labute approximate surface area is 149 Å². The lowest BCUT2D eigenvalue weighted by Crippen LogP contribution is -2.51. The fraction of sp³-hybridized carbons (Fsp3) is 0.353. The number of aliphatic carboxylic acids is 1. The van der Waals surface area contributed by atoms with Crippen LogP contribution in [-0.4, -0.2) is 53.5 Å². The van der Waals surface area contributed by atoms with E-state index in [9.17, 15) is 9.90 Å². The van der Waals surface area contributed by atoms with Crippen LogP contribution in [0, 0.1) is 6.92 Å². The highest BCUT2D eigenvalue weighted by atomic mass is 16.4. The van der Waals surface area contributed by atoms with Gasteiger partial charge in [-0.15, -0.1) is 0 Å². The summed E-state index contributed by atoms with van der Waals surface area (Å²) in [6, 6.07) is 3.72. The number of carbonyl (C=O) groups is 1. The van der Waals surface area contributed by atoms with E-state index in [-0.39, 0.29) is 0 Å². The molecule has 3 aromatic heterocycles. The minimum atomic E-state index is -0.958. The zero-order valence-electron chi connectivity index (χ0n) is 14.4. The Bertz CT molecular complexity index is 897. The number of carboxylic acid groups (broad SMARTS) is 1. The van der Waals surface area contributed by atoms with Crippen LogP contribution in [-0.2, 0) is 10.3 Å². The highest BCUT2D eigenvalue weighted by molar-refractivity contribution is 5.77. The molecule has 0 radical (unpaired) electrons. The molecule has 0 amide bonds. The van der Waals surface area contributed by atoms with Gasteiger partial charge in [0.15, 0.2) is 5.82 Å². The first-order valence-corrected chi connectivity index (χ1v) is 8.41. The zero-order chi connectivity index (χ0) is 18.1. The van der Waals surface area contributed by atoms with Crippen LogP contribution in [0.25, 0.3) is 5.82 Å². The number of hydrogen-bond acceptors (Lipinski definition) is 6. The molecule has 4 heterocycles. The molecule has 0 aromatic carbocycles. The van der Waals surface area contributed by atoms with E-state index < -0.39 is 11.5 Å². The molecule has 3 aromatic rings. The summed E-state index contributed by atoms with van der Waals surface area (Å²) in [6.45, 7) is 3.01. The van der Waals surface area contributed by atoms with Crippen molar-refractivity contribution in [3.63, 3.8) is 0 Å². The predicted octanol–water partition coefficient (Wildman–Crippen LogP) is 1.25. The van der Waals surface area contributed by atoms with Gasteiger partial charge in [0, 0.05) is 43.9 Å². The Balaban J connectivity index is 1.59. The van der Waals surface area contributed by atoms with Gasteiger partial charge in [0.05, 0.1) is 6.33 Å². The van der Waals surface area contributed by atoms with Crippen LogP contribution >= 0.6 is 0 Å². The van der Waals surface area contributed by atoms with E-state index in [1.165, 1.54) is 0 Å². The van der Waals surface area contributed by atoms with E-state index >= 15 is 0 Å². The first kappa shape index (κ1) is 16.2. The summed E-state index contributed by atoms with van der Waals surface area (Å²) in [5.74, 6) is 1.30. The predicted molar refractivity (Wildman–Crippen MR) is 93.2 cm³/mol. The molecule has 9 heteroatoms. The molecule has 9 nitrogen and oxygen atoms in total. The molecule has 1 N–H and O–H groups in total. The molecule has 1 aliphatic rings. The molecule has 0 bridgehead atoms. The van der Waals surface area contributed by atoms with E-state index in [0.29, 0.717) is 37.6 Å². The van der Waals surface area contributed by atoms with Gasteiger partial charge >= 0.3 is 5.97 Å². The molecule has 0 saturated carbocycles. The van der Waals surface area contributed by atoms with Gasteiger partial charge in [0.25, 0.3) is 0 Å². The van der Waals surface area contributed by atoms with Gasteiger partial charge < -0.3 is 14.6 Å². The average Bonchev–Trinajstić information content (AvgIpc) is 3.35. The Hall–Kier alpha value is -3.23. The maximum Gasteiger partial charge on any atom is 0.330 e. The van der Waals surface area contributed by atoms with Gasteiger partial charge in [0.2, 0.25) is 0 Å². The second kappa shape index (κ2) is 6.25. The number of aryl methyl sites for hydroxylation is 1. The molecule has 1 aliphatic heterocycles. The van der Waals surface area contributed by atoms with Crippen molar-refractivity contribution in [2.45, 2.75) is 25.3 Å². The summed E-state index contributed by atoms with van der Waals surface area (Å²) >= 11 is 0. The number of aromatic nitrogens is 6. The molecule has 1 saturated heterocycles. The third-order valence-corrected chi connectivity index (χ3v) is 4.86. The fourth-order valence-corrected chi connectivity index (χ4v) is 3.42. The monoisotopic (exact) mass is 353 g/mol. The van der Waals surface area contributed by atoms with Gasteiger partial charge in [0.1, 0.15) is 17.2 Å². The largest absolute Gasteiger partial charge is 0.479 e. The van der Waals surface area contributed by atoms with Crippen molar-refractivity contribution in [2.75, 3.05) is 18.0 Å². The van der Waals surface area contributed by atoms with Crippen LogP contribution in [0.15, 0.2) is 43.2 Å². The highest BCUT2D eigenvalue weighted by Crippen LogP contribution is 2.32. The second-order valence-corrected chi connectivity index (χ2v) is 6.38. The fourth-order valence-electron chi connectivity index (χ4n) is 3.42. The van der Waals surface area contributed by atoms with Gasteiger partial charge in [-0.2, -0.15) is 5.10 Å². The molecule has 134 valence electrons. The highest BCUT2D eigenvalue weighted by Gasteiger charge is 2.43. The lowest BCUT2D eigenvalue weighted by molar-refractivity contribution is -0.148. The molecule has 26 heavy (non-hydrogen) atoms. The summed E-state index contributed by atoms with van der Waals surface area (Å²) < 4.78 is 3.39. The summed E-state index contributed by atoms with van der Waals surface area (Å²) in [6.07, 6.45) is 9.38. The number of hydrogen-bond donors (Lipinski definition) is 1. The van der Waals surface area contributed by atoms with Gasteiger partial charge in [-0.1, -0.05) is 0 Å². The van der Waals surface area contributed by atoms with E-state index in [1.807, 2.05) is 25.3 Å². The maximum absolute atomic E-state index is 12.0. The molecule has 1 fully saturated rings.